The summed E-state index contributed by atoms with van der Waals surface area (Å²) in [6.45, 7) is 1.80. The molecule has 0 unspecified atom stereocenters. The second-order valence-electron chi connectivity index (χ2n) is 3.45. The molecule has 15 heavy (non-hydrogen) atoms. The Labute approximate surface area is 103 Å². The molecule has 0 fully saturated rings. The molecule has 0 bridgehead atoms. The Morgan fingerprint density at radius 3 is 2.80 bits per heavy atom. The zero-order valence-corrected chi connectivity index (χ0v) is 11.0. The van der Waals surface area contributed by atoms with Gasteiger partial charge < -0.3 is 4.74 Å². The van der Waals surface area contributed by atoms with Crippen LogP contribution in [-0.2, 0) is 0 Å². The maximum Gasteiger partial charge on any atom is 0.197 e. The number of benzene rings is 1. The van der Waals surface area contributed by atoms with Crippen molar-refractivity contribution in [2.75, 3.05) is 6.61 Å². The van der Waals surface area contributed by atoms with Gasteiger partial charge in [-0.2, -0.15) is 0 Å². The topological polar surface area (TPSA) is 26.3 Å². The summed E-state index contributed by atoms with van der Waals surface area (Å²) in [6.07, 6.45) is 0. The molecule has 0 saturated carbocycles. The molecule has 1 aromatic rings. The molecule has 0 saturated heterocycles. The van der Waals surface area contributed by atoms with Gasteiger partial charge in [0, 0.05) is 0 Å². The van der Waals surface area contributed by atoms with Gasteiger partial charge in [-0.05, 0) is 24.6 Å². The van der Waals surface area contributed by atoms with E-state index in [1.165, 1.54) is 6.07 Å². The molecule has 0 atom stereocenters. The Hall–Kier alpha value is -0.420. The highest BCUT2D eigenvalue weighted by Crippen LogP contribution is 2.40. The van der Waals surface area contributed by atoms with E-state index >= 15 is 0 Å². The Bertz CT molecular complexity index is 443. The van der Waals surface area contributed by atoms with Crippen molar-refractivity contribution in [2.45, 2.75) is 10.2 Å². The predicted molar refractivity (Wildman–Crippen MR) is 61.5 cm³/mol. The molecule has 1 aliphatic rings. The Morgan fingerprint density at radius 1 is 1.47 bits per heavy atom. The summed E-state index contributed by atoms with van der Waals surface area (Å²) in [5.41, 5.74) is 0.966. The summed E-state index contributed by atoms with van der Waals surface area (Å²) < 4.78 is 17.7. The van der Waals surface area contributed by atoms with Crippen LogP contribution in [0.25, 0.3) is 0 Å². The van der Waals surface area contributed by atoms with Crippen LogP contribution in [0.3, 0.4) is 0 Å². The number of fused-ring (bicyclic) bond motifs is 1. The molecule has 2 rings (SSSR count). The summed E-state index contributed by atoms with van der Waals surface area (Å²) in [4.78, 5) is 11.9. The molecule has 1 heterocycles. The number of aryl methyl sites for hydroxylation is 1. The third-order valence-corrected chi connectivity index (χ3v) is 3.34. The fourth-order valence-corrected chi connectivity index (χ4v) is 2.13. The highest BCUT2D eigenvalue weighted by molar-refractivity contribution is 9.26. The average Bonchev–Trinajstić information content (AvgIpc) is 2.12. The van der Waals surface area contributed by atoms with Crippen molar-refractivity contribution in [3.8, 4) is 5.75 Å². The summed E-state index contributed by atoms with van der Waals surface area (Å²) in [6, 6.07) is 2.97. The minimum Gasteiger partial charge on any atom is -0.487 e. The third kappa shape index (κ3) is 1.83. The molecule has 0 amide bonds. The van der Waals surface area contributed by atoms with Gasteiger partial charge in [-0.3, -0.25) is 4.79 Å². The van der Waals surface area contributed by atoms with Crippen LogP contribution in [0.2, 0.25) is 0 Å². The number of halogens is 3. The number of carbonyl (C=O) groups is 1. The van der Waals surface area contributed by atoms with Crippen molar-refractivity contribution in [3.63, 3.8) is 0 Å². The monoisotopic (exact) mass is 336 g/mol. The zero-order chi connectivity index (χ0) is 11.2. The third-order valence-electron chi connectivity index (χ3n) is 2.16. The van der Waals surface area contributed by atoms with E-state index in [0.29, 0.717) is 5.56 Å². The quantitative estimate of drug-likeness (QED) is 0.679. The van der Waals surface area contributed by atoms with E-state index in [9.17, 15) is 9.18 Å². The fourth-order valence-electron chi connectivity index (χ4n) is 1.47. The van der Waals surface area contributed by atoms with Gasteiger partial charge in [0.25, 0.3) is 0 Å². The smallest absolute Gasteiger partial charge is 0.197 e. The maximum atomic E-state index is 13.4. The fraction of sp³-hybridized carbons (Fsp3) is 0.300. The van der Waals surface area contributed by atoms with Crippen LogP contribution >= 0.6 is 31.9 Å². The van der Waals surface area contributed by atoms with Crippen molar-refractivity contribution in [1.82, 2.24) is 0 Å². The maximum absolute atomic E-state index is 13.4. The number of ketones is 1. The first kappa shape index (κ1) is 11.1. The lowest BCUT2D eigenvalue weighted by Gasteiger charge is -2.27. The Kier molecular flexibility index (Phi) is 2.63. The number of carbonyl (C=O) groups excluding carboxylic acids is 1. The predicted octanol–water partition coefficient (Wildman–Crippen LogP) is 3.20. The van der Waals surface area contributed by atoms with E-state index in [-0.39, 0.29) is 23.7 Å². The lowest BCUT2D eigenvalue weighted by atomic mass is 10.0. The second kappa shape index (κ2) is 3.56. The molecule has 0 aliphatic carbocycles. The van der Waals surface area contributed by atoms with E-state index in [1.54, 1.807) is 13.0 Å². The molecule has 80 valence electrons. The van der Waals surface area contributed by atoms with E-state index in [4.69, 9.17) is 4.74 Å². The lowest BCUT2D eigenvalue weighted by Crippen LogP contribution is -2.37. The van der Waals surface area contributed by atoms with Gasteiger partial charge in [0.2, 0.25) is 0 Å². The van der Waals surface area contributed by atoms with Crippen molar-refractivity contribution in [2.24, 2.45) is 0 Å². The molecule has 0 aromatic heterocycles. The van der Waals surface area contributed by atoms with E-state index in [2.05, 4.69) is 31.9 Å². The van der Waals surface area contributed by atoms with Gasteiger partial charge in [-0.15, -0.1) is 0 Å². The highest BCUT2D eigenvalue weighted by atomic mass is 79.9. The minimum atomic E-state index is -0.937. The normalized spacial score (nSPS) is 18.3. The SMILES string of the molecule is Cc1cc(F)c2c(c1)C(=O)C(Br)(Br)CO2. The van der Waals surface area contributed by atoms with Crippen LogP contribution in [0, 0.1) is 12.7 Å². The van der Waals surface area contributed by atoms with Crippen LogP contribution < -0.4 is 4.74 Å². The number of ether oxygens (including phenoxy) is 1. The van der Waals surface area contributed by atoms with Crippen LogP contribution in [0.1, 0.15) is 15.9 Å². The van der Waals surface area contributed by atoms with Crippen LogP contribution in [0.4, 0.5) is 4.39 Å². The van der Waals surface area contributed by atoms with Crippen LogP contribution in [0.5, 0.6) is 5.75 Å². The number of rotatable bonds is 0. The van der Waals surface area contributed by atoms with Gasteiger partial charge in [-0.1, -0.05) is 31.9 Å². The van der Waals surface area contributed by atoms with Gasteiger partial charge in [-0.25, -0.2) is 4.39 Å². The van der Waals surface area contributed by atoms with Gasteiger partial charge in [0.15, 0.2) is 20.6 Å². The number of hydrogen-bond donors (Lipinski definition) is 0. The molecular weight excluding hydrogens is 331 g/mol. The summed E-state index contributed by atoms with van der Waals surface area (Å²) >= 11 is 6.39. The zero-order valence-electron chi connectivity index (χ0n) is 7.81. The van der Waals surface area contributed by atoms with Crippen LogP contribution in [0.15, 0.2) is 12.1 Å². The van der Waals surface area contributed by atoms with Crippen LogP contribution in [-0.4, -0.2) is 15.6 Å². The Balaban J connectivity index is 2.62. The largest absolute Gasteiger partial charge is 0.487 e. The summed E-state index contributed by atoms with van der Waals surface area (Å²) in [5.74, 6) is -0.666. The van der Waals surface area contributed by atoms with E-state index < -0.39 is 9.05 Å². The lowest BCUT2D eigenvalue weighted by molar-refractivity contribution is 0.0929. The number of alkyl halides is 2. The van der Waals surface area contributed by atoms with E-state index in [0.717, 1.165) is 0 Å². The standard InChI is InChI=1S/C10H7Br2FO2/c1-5-2-6-8(7(13)3-5)15-4-10(11,12)9(6)14/h2-3H,4H2,1H3. The minimum absolute atomic E-state index is 0.0418. The summed E-state index contributed by atoms with van der Waals surface area (Å²) in [5, 5.41) is 0. The molecular formula is C10H7Br2FO2. The molecule has 5 heteroatoms. The number of Topliss-reactive ketones (excluding diaryl/α,β-unsaturated/α-hetero) is 1. The van der Waals surface area contributed by atoms with Crippen molar-refractivity contribution < 1.29 is 13.9 Å². The molecule has 1 aliphatic heterocycles. The first-order valence-corrected chi connectivity index (χ1v) is 5.86. The first-order chi connectivity index (χ1) is 6.92. The average molecular weight is 338 g/mol. The molecule has 1 aromatic carbocycles. The van der Waals surface area contributed by atoms with Gasteiger partial charge in [0.05, 0.1) is 5.56 Å². The van der Waals surface area contributed by atoms with Crippen molar-refractivity contribution >= 4 is 37.6 Å². The first-order valence-electron chi connectivity index (χ1n) is 4.27. The van der Waals surface area contributed by atoms with Crippen molar-refractivity contribution in [1.29, 1.82) is 0 Å². The van der Waals surface area contributed by atoms with Gasteiger partial charge in [0.1, 0.15) is 6.61 Å². The molecule has 0 radical (unpaired) electrons. The number of hydrogen-bond acceptors (Lipinski definition) is 2. The van der Waals surface area contributed by atoms with E-state index in [1.807, 2.05) is 0 Å². The second-order valence-corrected chi connectivity index (χ2v) is 7.22. The summed E-state index contributed by atoms with van der Waals surface area (Å²) in [7, 11) is 0. The van der Waals surface area contributed by atoms with Crippen molar-refractivity contribution in [3.05, 3.63) is 29.1 Å². The molecule has 2 nitrogen and oxygen atoms in total. The highest BCUT2D eigenvalue weighted by Gasteiger charge is 2.40. The Morgan fingerprint density at radius 2 is 2.13 bits per heavy atom. The van der Waals surface area contributed by atoms with Gasteiger partial charge >= 0.3 is 0 Å². The molecule has 0 N–H and O–H groups in total. The molecule has 0 spiro atoms.